The van der Waals surface area contributed by atoms with E-state index in [1.807, 2.05) is 48.5 Å². The molecule has 0 spiro atoms. The number of para-hydroxylation sites is 1. The summed E-state index contributed by atoms with van der Waals surface area (Å²) in [5.41, 5.74) is 2.15. The molecule has 2 atom stereocenters. The summed E-state index contributed by atoms with van der Waals surface area (Å²) >= 11 is 0. The first-order valence-electron chi connectivity index (χ1n) is 9.46. The van der Waals surface area contributed by atoms with Crippen molar-refractivity contribution in [3.05, 3.63) is 65.9 Å². The monoisotopic (exact) mass is 380 g/mol. The number of fused-ring (bicyclic) bond motifs is 1. The molecular weight excluding hydrogens is 356 g/mol. The number of nitrogens with zero attached hydrogens (tertiary/aromatic N) is 1. The lowest BCUT2D eigenvalue weighted by atomic mass is 10.0. The molecule has 0 saturated heterocycles. The average molecular weight is 380 g/mol. The first-order chi connectivity index (χ1) is 13.6. The highest BCUT2D eigenvalue weighted by atomic mass is 16.5. The number of rotatable bonds is 8. The second-order valence-electron chi connectivity index (χ2n) is 6.69. The van der Waals surface area contributed by atoms with E-state index in [2.05, 4.69) is 17.4 Å². The van der Waals surface area contributed by atoms with Gasteiger partial charge in [0.1, 0.15) is 5.69 Å². The molecule has 1 amide bonds. The SMILES string of the molecule is CCC[C@@H](NC(=O)[C@H](C)OC(=O)Cc1noc2ccccc12)c1ccccc1. The van der Waals surface area contributed by atoms with Crippen LogP contribution in [-0.4, -0.2) is 23.1 Å². The highest BCUT2D eigenvalue weighted by molar-refractivity contribution is 5.86. The van der Waals surface area contributed by atoms with E-state index in [9.17, 15) is 9.59 Å². The van der Waals surface area contributed by atoms with Gasteiger partial charge in [0.2, 0.25) is 0 Å². The van der Waals surface area contributed by atoms with Gasteiger partial charge in [-0.2, -0.15) is 0 Å². The molecule has 1 heterocycles. The molecule has 28 heavy (non-hydrogen) atoms. The Morgan fingerprint density at radius 1 is 1.11 bits per heavy atom. The number of aromatic nitrogens is 1. The third-order valence-electron chi connectivity index (χ3n) is 4.54. The van der Waals surface area contributed by atoms with Crippen molar-refractivity contribution in [1.29, 1.82) is 0 Å². The summed E-state index contributed by atoms with van der Waals surface area (Å²) in [5.74, 6) is -0.839. The number of carbonyl (C=O) groups is 2. The molecule has 0 fully saturated rings. The fraction of sp³-hybridized carbons (Fsp3) is 0.318. The predicted octanol–water partition coefficient (Wildman–Crippen LogP) is 3.96. The van der Waals surface area contributed by atoms with Crippen LogP contribution in [-0.2, 0) is 20.7 Å². The maximum absolute atomic E-state index is 12.5. The van der Waals surface area contributed by atoms with Crippen molar-refractivity contribution in [2.75, 3.05) is 0 Å². The molecule has 3 rings (SSSR count). The number of amides is 1. The van der Waals surface area contributed by atoms with E-state index >= 15 is 0 Å². The van der Waals surface area contributed by atoms with E-state index in [1.54, 1.807) is 13.0 Å². The molecule has 0 unspecified atom stereocenters. The molecule has 0 aliphatic heterocycles. The predicted molar refractivity (Wildman–Crippen MR) is 106 cm³/mol. The Labute approximate surface area is 163 Å². The standard InChI is InChI=1S/C22H24N2O4/c1-3-9-18(16-10-5-4-6-11-16)23-22(26)15(2)27-21(25)14-19-17-12-7-8-13-20(17)28-24-19/h4-8,10-13,15,18H,3,9,14H2,1-2H3,(H,23,26)/t15-,18+/m0/s1. The van der Waals surface area contributed by atoms with Gasteiger partial charge >= 0.3 is 5.97 Å². The minimum atomic E-state index is -0.895. The number of nitrogens with one attached hydrogen (secondary N) is 1. The number of esters is 1. The third kappa shape index (κ3) is 4.76. The molecule has 1 N–H and O–H groups in total. The Bertz CT molecular complexity index is 936. The van der Waals surface area contributed by atoms with Crippen LogP contribution >= 0.6 is 0 Å². The lowest BCUT2D eigenvalue weighted by Crippen LogP contribution is -2.38. The van der Waals surface area contributed by atoms with Crippen LogP contribution in [0.4, 0.5) is 0 Å². The van der Waals surface area contributed by atoms with Gasteiger partial charge in [0.25, 0.3) is 5.91 Å². The van der Waals surface area contributed by atoms with E-state index < -0.39 is 12.1 Å². The van der Waals surface area contributed by atoms with E-state index in [0.717, 1.165) is 23.8 Å². The van der Waals surface area contributed by atoms with Crippen LogP contribution in [0.25, 0.3) is 11.0 Å². The smallest absolute Gasteiger partial charge is 0.312 e. The second kappa shape index (κ2) is 9.17. The lowest BCUT2D eigenvalue weighted by molar-refractivity contribution is -0.154. The van der Waals surface area contributed by atoms with E-state index in [1.165, 1.54) is 0 Å². The minimum Gasteiger partial charge on any atom is -0.452 e. The van der Waals surface area contributed by atoms with Crippen LogP contribution < -0.4 is 5.32 Å². The number of ether oxygens (including phenoxy) is 1. The Morgan fingerprint density at radius 3 is 2.57 bits per heavy atom. The van der Waals surface area contributed by atoms with E-state index in [0.29, 0.717) is 11.3 Å². The number of hydrogen-bond acceptors (Lipinski definition) is 5. The molecule has 6 heteroatoms. The van der Waals surface area contributed by atoms with Crippen molar-refractivity contribution >= 4 is 22.8 Å². The molecule has 0 radical (unpaired) electrons. The zero-order valence-corrected chi connectivity index (χ0v) is 16.1. The van der Waals surface area contributed by atoms with Crippen molar-refractivity contribution in [3.63, 3.8) is 0 Å². The van der Waals surface area contributed by atoms with Crippen LogP contribution in [0, 0.1) is 0 Å². The van der Waals surface area contributed by atoms with Gasteiger partial charge in [0.05, 0.1) is 12.5 Å². The lowest BCUT2D eigenvalue weighted by Gasteiger charge is -2.21. The largest absolute Gasteiger partial charge is 0.452 e. The van der Waals surface area contributed by atoms with Gasteiger partial charge < -0.3 is 14.6 Å². The van der Waals surface area contributed by atoms with Crippen molar-refractivity contribution < 1.29 is 18.8 Å². The molecule has 0 aliphatic rings. The maximum atomic E-state index is 12.5. The summed E-state index contributed by atoms with van der Waals surface area (Å²) < 4.78 is 10.5. The quantitative estimate of drug-likeness (QED) is 0.598. The highest BCUT2D eigenvalue weighted by Gasteiger charge is 2.22. The Balaban J connectivity index is 1.59. The van der Waals surface area contributed by atoms with Gasteiger partial charge in [0.15, 0.2) is 11.7 Å². The number of carbonyl (C=O) groups excluding carboxylic acids is 2. The molecule has 0 saturated carbocycles. The molecule has 1 aromatic heterocycles. The summed E-state index contributed by atoms with van der Waals surface area (Å²) in [7, 11) is 0. The summed E-state index contributed by atoms with van der Waals surface area (Å²) in [5, 5.41) is 7.67. The summed E-state index contributed by atoms with van der Waals surface area (Å²) in [6.07, 6.45) is 0.786. The fourth-order valence-corrected chi connectivity index (χ4v) is 3.08. The summed E-state index contributed by atoms with van der Waals surface area (Å²) in [4.78, 5) is 24.8. The zero-order valence-electron chi connectivity index (χ0n) is 16.1. The van der Waals surface area contributed by atoms with Crippen LogP contribution in [0.5, 0.6) is 0 Å². The zero-order chi connectivity index (χ0) is 19.9. The normalized spacial score (nSPS) is 13.1. The van der Waals surface area contributed by atoms with Crippen molar-refractivity contribution in [2.45, 2.75) is 45.3 Å². The molecule has 2 aromatic carbocycles. The van der Waals surface area contributed by atoms with Crippen molar-refractivity contribution in [3.8, 4) is 0 Å². The molecule has 146 valence electrons. The Hall–Kier alpha value is -3.15. The van der Waals surface area contributed by atoms with E-state index in [4.69, 9.17) is 9.26 Å². The minimum absolute atomic E-state index is 0.0499. The number of hydrogen-bond donors (Lipinski definition) is 1. The van der Waals surface area contributed by atoms with Gasteiger partial charge in [-0.05, 0) is 31.0 Å². The molecule has 3 aromatic rings. The van der Waals surface area contributed by atoms with Crippen molar-refractivity contribution in [2.24, 2.45) is 0 Å². The topological polar surface area (TPSA) is 81.4 Å². The molecule has 0 bridgehead atoms. The Morgan fingerprint density at radius 2 is 1.82 bits per heavy atom. The maximum Gasteiger partial charge on any atom is 0.312 e. The van der Waals surface area contributed by atoms with Gasteiger partial charge in [-0.15, -0.1) is 0 Å². The fourth-order valence-electron chi connectivity index (χ4n) is 3.08. The summed E-state index contributed by atoms with van der Waals surface area (Å²) in [6.45, 7) is 3.63. The van der Waals surface area contributed by atoms with Gasteiger partial charge in [-0.25, -0.2) is 0 Å². The van der Waals surface area contributed by atoms with Crippen LogP contribution in [0.15, 0.2) is 59.1 Å². The third-order valence-corrected chi connectivity index (χ3v) is 4.54. The van der Waals surface area contributed by atoms with E-state index in [-0.39, 0.29) is 18.4 Å². The van der Waals surface area contributed by atoms with Gasteiger partial charge in [-0.3, -0.25) is 9.59 Å². The number of benzene rings is 2. The molecular formula is C22H24N2O4. The highest BCUT2D eigenvalue weighted by Crippen LogP contribution is 2.20. The van der Waals surface area contributed by atoms with Gasteiger partial charge in [-0.1, -0.05) is 61.0 Å². The average Bonchev–Trinajstić information content (AvgIpc) is 3.11. The van der Waals surface area contributed by atoms with Crippen LogP contribution in [0.1, 0.15) is 44.0 Å². The Kier molecular flexibility index (Phi) is 6.42. The first-order valence-corrected chi connectivity index (χ1v) is 9.46. The second-order valence-corrected chi connectivity index (χ2v) is 6.69. The van der Waals surface area contributed by atoms with Crippen molar-refractivity contribution in [1.82, 2.24) is 10.5 Å². The molecule has 0 aliphatic carbocycles. The van der Waals surface area contributed by atoms with Gasteiger partial charge in [0, 0.05) is 5.39 Å². The van der Waals surface area contributed by atoms with Crippen LogP contribution in [0.3, 0.4) is 0 Å². The summed E-state index contributed by atoms with van der Waals surface area (Å²) in [6, 6.07) is 17.0. The first kappa shape index (κ1) is 19.6. The molecule has 6 nitrogen and oxygen atoms in total. The van der Waals surface area contributed by atoms with Crippen LogP contribution in [0.2, 0.25) is 0 Å².